The zero-order valence-electron chi connectivity index (χ0n) is 11.4. The van der Waals surface area contributed by atoms with Crippen molar-refractivity contribution in [2.24, 2.45) is 0 Å². The third-order valence-electron chi connectivity index (χ3n) is 2.91. The van der Waals surface area contributed by atoms with E-state index in [1.54, 1.807) is 18.3 Å². The van der Waals surface area contributed by atoms with Crippen molar-refractivity contribution in [3.63, 3.8) is 0 Å². The summed E-state index contributed by atoms with van der Waals surface area (Å²) in [5.74, 6) is 0.960. The lowest BCUT2D eigenvalue weighted by atomic mass is 10.3. The number of anilines is 1. The number of nitrogens with one attached hydrogen (secondary N) is 1. The second kappa shape index (κ2) is 6.77. The zero-order chi connectivity index (χ0) is 15.4. The number of para-hydroxylation sites is 2. The van der Waals surface area contributed by atoms with Crippen molar-refractivity contribution < 1.29 is 9.13 Å². The molecule has 0 radical (unpaired) electrons. The SMILES string of the molecule is Fc1ccc(Oc2ccccc2NCc2cnc(Cl)s2)cc1. The summed E-state index contributed by atoms with van der Waals surface area (Å²) < 4.78 is 19.2. The molecule has 2 aromatic carbocycles. The molecule has 0 spiro atoms. The van der Waals surface area contributed by atoms with Crippen LogP contribution in [0.4, 0.5) is 10.1 Å². The van der Waals surface area contributed by atoms with Gasteiger partial charge < -0.3 is 10.1 Å². The van der Waals surface area contributed by atoms with Gasteiger partial charge in [-0.3, -0.25) is 0 Å². The second-order valence-corrected chi connectivity index (χ2v) is 6.18. The molecule has 22 heavy (non-hydrogen) atoms. The van der Waals surface area contributed by atoms with E-state index >= 15 is 0 Å². The highest BCUT2D eigenvalue weighted by atomic mass is 35.5. The minimum Gasteiger partial charge on any atom is -0.455 e. The van der Waals surface area contributed by atoms with Crippen LogP contribution >= 0.6 is 22.9 Å². The molecule has 0 fully saturated rings. The molecule has 1 aromatic heterocycles. The topological polar surface area (TPSA) is 34.1 Å². The predicted molar refractivity (Wildman–Crippen MR) is 87.4 cm³/mol. The van der Waals surface area contributed by atoms with Crippen LogP contribution in [0.1, 0.15) is 4.88 Å². The monoisotopic (exact) mass is 334 g/mol. The normalized spacial score (nSPS) is 10.5. The van der Waals surface area contributed by atoms with Gasteiger partial charge in [0.25, 0.3) is 0 Å². The van der Waals surface area contributed by atoms with Gasteiger partial charge in [-0.15, -0.1) is 11.3 Å². The number of rotatable bonds is 5. The Morgan fingerprint density at radius 3 is 2.64 bits per heavy atom. The third-order valence-corrected chi connectivity index (χ3v) is 4.02. The maximum absolute atomic E-state index is 12.9. The van der Waals surface area contributed by atoms with Gasteiger partial charge >= 0.3 is 0 Å². The predicted octanol–water partition coefficient (Wildman–Crippen LogP) is 5.34. The van der Waals surface area contributed by atoms with Crippen molar-refractivity contribution in [3.8, 4) is 11.5 Å². The molecule has 1 heterocycles. The first-order valence-corrected chi connectivity index (χ1v) is 7.77. The fraction of sp³-hybridized carbons (Fsp3) is 0.0625. The Hall–Kier alpha value is -2.11. The molecule has 0 aliphatic rings. The van der Waals surface area contributed by atoms with E-state index in [0.717, 1.165) is 10.6 Å². The van der Waals surface area contributed by atoms with E-state index in [2.05, 4.69) is 10.3 Å². The summed E-state index contributed by atoms with van der Waals surface area (Å²) in [4.78, 5) is 5.03. The Kier molecular flexibility index (Phi) is 4.56. The Labute approximate surface area is 136 Å². The first-order valence-electron chi connectivity index (χ1n) is 6.57. The van der Waals surface area contributed by atoms with Gasteiger partial charge in [-0.25, -0.2) is 9.37 Å². The summed E-state index contributed by atoms with van der Waals surface area (Å²) in [6, 6.07) is 13.5. The van der Waals surface area contributed by atoms with Crippen LogP contribution in [0.15, 0.2) is 54.7 Å². The molecule has 0 atom stereocenters. The van der Waals surface area contributed by atoms with E-state index in [4.69, 9.17) is 16.3 Å². The van der Waals surface area contributed by atoms with Crippen LogP contribution in [0, 0.1) is 5.82 Å². The molecule has 0 bridgehead atoms. The molecule has 0 saturated heterocycles. The quantitative estimate of drug-likeness (QED) is 0.683. The number of ether oxygens (including phenoxy) is 1. The number of hydrogen-bond acceptors (Lipinski definition) is 4. The molecule has 0 amide bonds. The summed E-state index contributed by atoms with van der Waals surface area (Å²) in [7, 11) is 0. The Morgan fingerprint density at radius 1 is 1.14 bits per heavy atom. The summed E-state index contributed by atoms with van der Waals surface area (Å²) in [5.41, 5.74) is 0.844. The van der Waals surface area contributed by atoms with Crippen LogP contribution in [0.25, 0.3) is 0 Å². The van der Waals surface area contributed by atoms with Crippen LogP contribution in [0.5, 0.6) is 11.5 Å². The largest absolute Gasteiger partial charge is 0.455 e. The fourth-order valence-electron chi connectivity index (χ4n) is 1.88. The van der Waals surface area contributed by atoms with Gasteiger partial charge in [0.15, 0.2) is 10.2 Å². The lowest BCUT2D eigenvalue weighted by Crippen LogP contribution is -1.99. The molecular formula is C16H12ClFN2OS. The van der Waals surface area contributed by atoms with E-state index in [1.807, 2.05) is 24.3 Å². The first-order chi connectivity index (χ1) is 10.7. The molecule has 3 aromatic rings. The van der Waals surface area contributed by atoms with Crippen LogP contribution < -0.4 is 10.1 Å². The molecule has 3 rings (SSSR count). The van der Waals surface area contributed by atoms with Crippen molar-refractivity contribution in [3.05, 3.63) is 69.9 Å². The number of nitrogens with zero attached hydrogens (tertiary/aromatic N) is 1. The van der Waals surface area contributed by atoms with Crippen LogP contribution in [0.2, 0.25) is 4.47 Å². The maximum atomic E-state index is 12.9. The highest BCUT2D eigenvalue weighted by molar-refractivity contribution is 7.15. The lowest BCUT2D eigenvalue weighted by molar-refractivity contribution is 0.482. The van der Waals surface area contributed by atoms with Gasteiger partial charge in [0, 0.05) is 11.1 Å². The van der Waals surface area contributed by atoms with Gasteiger partial charge in [-0.05, 0) is 36.4 Å². The minimum absolute atomic E-state index is 0.291. The van der Waals surface area contributed by atoms with E-state index in [1.165, 1.54) is 23.5 Å². The molecule has 3 nitrogen and oxygen atoms in total. The average Bonchev–Trinajstić information content (AvgIpc) is 2.94. The van der Waals surface area contributed by atoms with Crippen molar-refractivity contribution in [2.75, 3.05) is 5.32 Å². The molecule has 0 aliphatic carbocycles. The molecule has 6 heteroatoms. The summed E-state index contributed by atoms with van der Waals surface area (Å²) in [6.07, 6.45) is 1.74. The number of aromatic nitrogens is 1. The first kappa shape index (κ1) is 14.8. The smallest absolute Gasteiger partial charge is 0.183 e. The number of hydrogen-bond donors (Lipinski definition) is 1. The molecule has 1 N–H and O–H groups in total. The van der Waals surface area contributed by atoms with Crippen molar-refractivity contribution in [1.29, 1.82) is 0 Å². The van der Waals surface area contributed by atoms with Crippen LogP contribution in [-0.2, 0) is 6.54 Å². The van der Waals surface area contributed by atoms with Crippen molar-refractivity contribution in [1.82, 2.24) is 4.98 Å². The second-order valence-electron chi connectivity index (χ2n) is 4.49. The number of thiazole rings is 1. The highest BCUT2D eigenvalue weighted by Crippen LogP contribution is 2.30. The van der Waals surface area contributed by atoms with Gasteiger partial charge in [0.05, 0.1) is 12.2 Å². The molecular weight excluding hydrogens is 323 g/mol. The molecule has 0 saturated carbocycles. The Morgan fingerprint density at radius 2 is 1.91 bits per heavy atom. The summed E-state index contributed by atoms with van der Waals surface area (Å²) in [5, 5.41) is 3.29. The van der Waals surface area contributed by atoms with E-state index < -0.39 is 0 Å². The molecule has 112 valence electrons. The van der Waals surface area contributed by atoms with Gasteiger partial charge in [0.1, 0.15) is 11.6 Å². The van der Waals surface area contributed by atoms with E-state index in [-0.39, 0.29) is 5.82 Å². The van der Waals surface area contributed by atoms with Crippen LogP contribution in [0.3, 0.4) is 0 Å². The molecule has 0 unspecified atom stereocenters. The highest BCUT2D eigenvalue weighted by Gasteiger charge is 2.06. The maximum Gasteiger partial charge on any atom is 0.183 e. The molecule has 0 aliphatic heterocycles. The average molecular weight is 335 g/mol. The Balaban J connectivity index is 1.73. The standard InChI is InChI=1S/C16H12ClFN2OS/c17-16-20-10-13(22-16)9-19-14-3-1-2-4-15(14)21-12-7-5-11(18)6-8-12/h1-8,10,19H,9H2. The lowest BCUT2D eigenvalue weighted by Gasteiger charge is -2.12. The Bertz CT molecular complexity index is 761. The minimum atomic E-state index is -0.291. The van der Waals surface area contributed by atoms with E-state index in [9.17, 15) is 4.39 Å². The fourth-order valence-corrected chi connectivity index (χ4v) is 2.80. The summed E-state index contributed by atoms with van der Waals surface area (Å²) >= 11 is 7.25. The van der Waals surface area contributed by atoms with Crippen LogP contribution in [-0.4, -0.2) is 4.98 Å². The zero-order valence-corrected chi connectivity index (χ0v) is 13.0. The summed E-state index contributed by atoms with van der Waals surface area (Å²) in [6.45, 7) is 0.605. The van der Waals surface area contributed by atoms with E-state index in [0.29, 0.717) is 22.5 Å². The number of halogens is 2. The third kappa shape index (κ3) is 3.75. The van der Waals surface area contributed by atoms with Gasteiger partial charge in [-0.1, -0.05) is 23.7 Å². The van der Waals surface area contributed by atoms with Crippen molar-refractivity contribution in [2.45, 2.75) is 6.54 Å². The van der Waals surface area contributed by atoms with Gasteiger partial charge in [0.2, 0.25) is 0 Å². The van der Waals surface area contributed by atoms with Gasteiger partial charge in [-0.2, -0.15) is 0 Å². The van der Waals surface area contributed by atoms with Crippen molar-refractivity contribution >= 4 is 28.6 Å². The number of benzene rings is 2.